The predicted molar refractivity (Wildman–Crippen MR) is 85.8 cm³/mol. The van der Waals surface area contributed by atoms with Crippen LogP contribution >= 0.6 is 0 Å². The van der Waals surface area contributed by atoms with Gasteiger partial charge in [0.05, 0.1) is 5.69 Å². The number of halogens is 3. The Bertz CT molecular complexity index is 1030. The first-order valence-electron chi connectivity index (χ1n) is 7.05. The van der Waals surface area contributed by atoms with Gasteiger partial charge in [-0.15, -0.1) is 0 Å². The van der Waals surface area contributed by atoms with E-state index >= 15 is 0 Å². The van der Waals surface area contributed by atoms with E-state index in [2.05, 4.69) is 9.82 Å². The van der Waals surface area contributed by atoms with E-state index in [1.54, 1.807) is 24.3 Å². The van der Waals surface area contributed by atoms with E-state index in [4.69, 9.17) is 0 Å². The van der Waals surface area contributed by atoms with Gasteiger partial charge in [-0.2, -0.15) is 5.10 Å². The van der Waals surface area contributed by atoms with Crippen molar-refractivity contribution in [1.29, 1.82) is 0 Å². The maximum absolute atomic E-state index is 13.8. The number of benzene rings is 2. The Kier molecular flexibility index (Phi) is 4.25. The molecule has 2 aromatic carbocycles. The lowest BCUT2D eigenvalue weighted by Gasteiger charge is -2.09. The summed E-state index contributed by atoms with van der Waals surface area (Å²) in [5.41, 5.74) is 1.24. The van der Waals surface area contributed by atoms with Crippen molar-refractivity contribution < 1.29 is 21.6 Å². The van der Waals surface area contributed by atoms with Crippen LogP contribution < -0.4 is 4.72 Å². The Hall–Kier alpha value is -2.81. The molecule has 3 rings (SSSR count). The Morgan fingerprint density at radius 3 is 2.36 bits per heavy atom. The third-order valence-electron chi connectivity index (χ3n) is 3.48. The molecule has 0 unspecified atom stereocenters. The average molecular weight is 367 g/mol. The van der Waals surface area contributed by atoms with E-state index in [-0.39, 0.29) is 5.82 Å². The molecule has 0 aliphatic heterocycles. The lowest BCUT2D eigenvalue weighted by molar-refractivity contribution is 0.432. The van der Waals surface area contributed by atoms with Crippen LogP contribution in [0.2, 0.25) is 0 Å². The molecule has 0 radical (unpaired) electrons. The normalized spacial score (nSPS) is 11.5. The second-order valence-electron chi connectivity index (χ2n) is 5.18. The van der Waals surface area contributed by atoms with Crippen LogP contribution in [0.25, 0.3) is 11.3 Å². The molecule has 9 heteroatoms. The third kappa shape index (κ3) is 3.22. The molecule has 0 aliphatic rings. The summed E-state index contributed by atoms with van der Waals surface area (Å²) in [5.74, 6) is -5.05. The van der Waals surface area contributed by atoms with Crippen molar-refractivity contribution in [3.05, 3.63) is 66.0 Å². The SMILES string of the molecule is Cn1nc(-c2ccccc2)cc1NS(=O)(=O)c1ccc(F)c(F)c1F. The fraction of sp³-hybridized carbons (Fsp3) is 0.0625. The quantitative estimate of drug-likeness (QED) is 0.720. The molecule has 1 aromatic heterocycles. The van der Waals surface area contributed by atoms with Gasteiger partial charge in [-0.05, 0) is 12.1 Å². The Morgan fingerprint density at radius 2 is 1.68 bits per heavy atom. The third-order valence-corrected chi connectivity index (χ3v) is 4.85. The zero-order valence-corrected chi connectivity index (χ0v) is 13.7. The molecule has 130 valence electrons. The number of hydrogen-bond donors (Lipinski definition) is 1. The molecule has 25 heavy (non-hydrogen) atoms. The van der Waals surface area contributed by atoms with Crippen molar-refractivity contribution in [2.24, 2.45) is 7.05 Å². The fourth-order valence-electron chi connectivity index (χ4n) is 2.22. The minimum absolute atomic E-state index is 0.0444. The number of hydrogen-bond acceptors (Lipinski definition) is 3. The molecule has 0 bridgehead atoms. The van der Waals surface area contributed by atoms with Crippen LogP contribution in [0.5, 0.6) is 0 Å². The van der Waals surface area contributed by atoms with Gasteiger partial charge in [-0.3, -0.25) is 9.40 Å². The number of aryl methyl sites for hydroxylation is 1. The van der Waals surface area contributed by atoms with Gasteiger partial charge >= 0.3 is 0 Å². The Morgan fingerprint density at radius 1 is 1.00 bits per heavy atom. The predicted octanol–water partition coefficient (Wildman–Crippen LogP) is 3.31. The van der Waals surface area contributed by atoms with Crippen molar-refractivity contribution >= 4 is 15.8 Å². The molecule has 0 atom stereocenters. The van der Waals surface area contributed by atoms with E-state index in [1.165, 1.54) is 17.8 Å². The molecule has 0 amide bonds. The van der Waals surface area contributed by atoms with Crippen LogP contribution in [0.15, 0.2) is 53.4 Å². The van der Waals surface area contributed by atoms with Gasteiger partial charge in [0.15, 0.2) is 17.5 Å². The highest BCUT2D eigenvalue weighted by Crippen LogP contribution is 2.25. The second kappa shape index (κ2) is 6.25. The van der Waals surface area contributed by atoms with Crippen molar-refractivity contribution in [2.75, 3.05) is 4.72 Å². The van der Waals surface area contributed by atoms with Gasteiger partial charge in [0.1, 0.15) is 10.7 Å². The summed E-state index contributed by atoms with van der Waals surface area (Å²) in [6.07, 6.45) is 0. The lowest BCUT2D eigenvalue weighted by Crippen LogP contribution is -2.17. The molecule has 1 heterocycles. The van der Waals surface area contributed by atoms with Gasteiger partial charge in [-0.25, -0.2) is 21.6 Å². The molecule has 0 spiro atoms. The number of rotatable bonds is 4. The highest BCUT2D eigenvalue weighted by Gasteiger charge is 2.25. The molecule has 5 nitrogen and oxygen atoms in total. The lowest BCUT2D eigenvalue weighted by atomic mass is 10.2. The minimum atomic E-state index is -4.47. The average Bonchev–Trinajstić information content (AvgIpc) is 2.93. The van der Waals surface area contributed by atoms with E-state index in [9.17, 15) is 21.6 Å². The number of nitrogens with one attached hydrogen (secondary N) is 1. The summed E-state index contributed by atoms with van der Waals surface area (Å²) < 4.78 is 68.0. The van der Waals surface area contributed by atoms with Crippen molar-refractivity contribution in [3.63, 3.8) is 0 Å². The van der Waals surface area contributed by atoms with E-state index in [0.717, 1.165) is 5.56 Å². The maximum Gasteiger partial charge on any atom is 0.266 e. The van der Waals surface area contributed by atoms with Crippen LogP contribution in [-0.2, 0) is 17.1 Å². The van der Waals surface area contributed by atoms with Crippen molar-refractivity contribution in [1.82, 2.24) is 9.78 Å². The zero-order valence-electron chi connectivity index (χ0n) is 12.9. The number of anilines is 1. The Labute approximate surface area is 141 Å². The van der Waals surface area contributed by atoms with Crippen LogP contribution in [0.3, 0.4) is 0 Å². The van der Waals surface area contributed by atoms with Gasteiger partial charge in [-0.1, -0.05) is 30.3 Å². The summed E-state index contributed by atoms with van der Waals surface area (Å²) in [6.45, 7) is 0. The summed E-state index contributed by atoms with van der Waals surface area (Å²) in [7, 11) is -2.98. The minimum Gasteiger partial charge on any atom is -0.263 e. The number of nitrogens with zero attached hydrogens (tertiary/aromatic N) is 2. The topological polar surface area (TPSA) is 64.0 Å². The van der Waals surface area contributed by atoms with Gasteiger partial charge < -0.3 is 0 Å². The Balaban J connectivity index is 1.97. The second-order valence-corrected chi connectivity index (χ2v) is 6.83. The summed E-state index contributed by atoms with van der Waals surface area (Å²) in [5, 5.41) is 4.17. The first-order valence-corrected chi connectivity index (χ1v) is 8.53. The molecular weight excluding hydrogens is 355 g/mol. The van der Waals surface area contributed by atoms with Crippen molar-refractivity contribution in [2.45, 2.75) is 4.90 Å². The highest BCUT2D eigenvalue weighted by atomic mass is 32.2. The molecule has 0 saturated heterocycles. The zero-order chi connectivity index (χ0) is 18.2. The number of sulfonamides is 1. The molecule has 1 N–H and O–H groups in total. The highest BCUT2D eigenvalue weighted by molar-refractivity contribution is 7.92. The van der Waals surface area contributed by atoms with Gasteiger partial charge in [0, 0.05) is 18.7 Å². The number of aromatic nitrogens is 2. The monoisotopic (exact) mass is 367 g/mol. The first kappa shape index (κ1) is 17.0. The van der Waals surface area contributed by atoms with Crippen LogP contribution in [0.1, 0.15) is 0 Å². The van der Waals surface area contributed by atoms with Gasteiger partial charge in [0.25, 0.3) is 10.0 Å². The van der Waals surface area contributed by atoms with Gasteiger partial charge in [0.2, 0.25) is 0 Å². The van der Waals surface area contributed by atoms with E-state index in [0.29, 0.717) is 17.8 Å². The summed E-state index contributed by atoms with van der Waals surface area (Å²) in [6, 6.07) is 11.6. The van der Waals surface area contributed by atoms with Crippen molar-refractivity contribution in [3.8, 4) is 11.3 Å². The molecular formula is C16H12F3N3O2S. The van der Waals surface area contributed by atoms with Crippen LogP contribution in [0, 0.1) is 17.5 Å². The molecule has 0 aliphatic carbocycles. The summed E-state index contributed by atoms with van der Waals surface area (Å²) >= 11 is 0. The smallest absolute Gasteiger partial charge is 0.263 e. The molecule has 0 fully saturated rings. The molecule has 3 aromatic rings. The standard InChI is InChI=1S/C16H12F3N3O2S/c1-22-14(9-12(20-22)10-5-3-2-4-6-10)21-25(23,24)13-8-7-11(17)15(18)16(13)19/h2-9,21H,1H3. The fourth-order valence-corrected chi connectivity index (χ4v) is 3.37. The molecule has 0 saturated carbocycles. The van der Waals surface area contributed by atoms with E-state index < -0.39 is 32.4 Å². The van der Waals surface area contributed by atoms with Crippen LogP contribution in [-0.4, -0.2) is 18.2 Å². The summed E-state index contributed by atoms with van der Waals surface area (Å²) in [4.78, 5) is -0.992. The first-order chi connectivity index (χ1) is 11.8. The van der Waals surface area contributed by atoms with E-state index in [1.807, 2.05) is 6.07 Å². The van der Waals surface area contributed by atoms with Crippen LogP contribution in [0.4, 0.5) is 19.0 Å². The largest absolute Gasteiger partial charge is 0.266 e. The maximum atomic E-state index is 13.8.